The van der Waals surface area contributed by atoms with Crippen molar-refractivity contribution in [3.8, 4) is 0 Å². The fourth-order valence-corrected chi connectivity index (χ4v) is 3.15. The molecular weight excluding hydrogens is 321 g/mol. The van der Waals surface area contributed by atoms with Crippen molar-refractivity contribution in [1.82, 2.24) is 0 Å². The molecule has 1 aliphatic carbocycles. The second-order valence-electron chi connectivity index (χ2n) is 6.12. The molecule has 1 aromatic carbocycles. The molecule has 3 rings (SSSR count). The third-order valence-corrected chi connectivity index (χ3v) is 4.39. The third-order valence-electron chi connectivity index (χ3n) is 4.39. The quantitative estimate of drug-likeness (QED) is 0.772. The number of cyclic esters (lactones) is 1. The molecule has 2 aliphatic rings. The van der Waals surface area contributed by atoms with Gasteiger partial charge in [0.05, 0.1) is 5.56 Å². The topological polar surface area (TPSA) is 46.5 Å². The summed E-state index contributed by atoms with van der Waals surface area (Å²) < 4.78 is 43.6. The number of alkyl halides is 3. The number of aliphatic hydroxyl groups is 1. The zero-order valence-electron chi connectivity index (χ0n) is 12.9. The van der Waals surface area contributed by atoms with E-state index in [9.17, 15) is 23.1 Å². The summed E-state index contributed by atoms with van der Waals surface area (Å²) in [5.74, 6) is -0.942. The summed E-state index contributed by atoms with van der Waals surface area (Å²) in [6.07, 6.45) is 2.42. The molecule has 0 bridgehead atoms. The summed E-state index contributed by atoms with van der Waals surface area (Å²) in [6, 6.07) is 4.32. The van der Waals surface area contributed by atoms with Crippen molar-refractivity contribution in [3.63, 3.8) is 0 Å². The van der Waals surface area contributed by atoms with Gasteiger partial charge in [0.2, 0.25) is 0 Å². The van der Waals surface area contributed by atoms with E-state index in [1.165, 1.54) is 12.1 Å². The first-order valence-electron chi connectivity index (χ1n) is 7.91. The highest BCUT2D eigenvalue weighted by Crippen LogP contribution is 2.37. The minimum atomic E-state index is -4.52. The number of carbonyl (C=O) groups is 1. The van der Waals surface area contributed by atoms with Crippen LogP contribution in [0.15, 0.2) is 41.9 Å². The van der Waals surface area contributed by atoms with Crippen molar-refractivity contribution < 1.29 is 27.8 Å². The van der Waals surface area contributed by atoms with Gasteiger partial charge in [0, 0.05) is 0 Å². The molecule has 1 heterocycles. The Morgan fingerprint density at radius 2 is 1.88 bits per heavy atom. The van der Waals surface area contributed by atoms with Gasteiger partial charge in [-0.25, -0.2) is 4.79 Å². The third kappa shape index (κ3) is 3.32. The number of aliphatic hydroxyl groups excluding tert-OH is 1. The molecule has 0 spiro atoms. The van der Waals surface area contributed by atoms with E-state index in [0.717, 1.165) is 44.2 Å². The SMILES string of the molecule is O=C1O/C(=C\C2CCCCC2)C(O)=C1c1cccc(C(F)(F)F)c1. The Hall–Kier alpha value is -2.24. The van der Waals surface area contributed by atoms with Crippen LogP contribution in [0.5, 0.6) is 0 Å². The maximum Gasteiger partial charge on any atom is 0.416 e. The van der Waals surface area contributed by atoms with Gasteiger partial charge >= 0.3 is 12.1 Å². The fourth-order valence-electron chi connectivity index (χ4n) is 3.15. The average molecular weight is 338 g/mol. The molecule has 0 saturated heterocycles. The van der Waals surface area contributed by atoms with Crippen molar-refractivity contribution in [1.29, 1.82) is 0 Å². The van der Waals surface area contributed by atoms with E-state index in [0.29, 0.717) is 0 Å². The zero-order valence-corrected chi connectivity index (χ0v) is 12.9. The molecule has 6 heteroatoms. The Morgan fingerprint density at radius 1 is 1.17 bits per heavy atom. The molecule has 1 N–H and O–H groups in total. The van der Waals surface area contributed by atoms with Crippen LogP contribution >= 0.6 is 0 Å². The van der Waals surface area contributed by atoms with E-state index in [4.69, 9.17) is 4.74 Å². The highest BCUT2D eigenvalue weighted by atomic mass is 19.4. The van der Waals surface area contributed by atoms with E-state index in [2.05, 4.69) is 0 Å². The van der Waals surface area contributed by atoms with Gasteiger partial charge in [-0.3, -0.25) is 0 Å². The van der Waals surface area contributed by atoms with Gasteiger partial charge in [0.1, 0.15) is 5.57 Å². The maximum atomic E-state index is 12.8. The molecule has 1 fully saturated rings. The molecule has 1 aliphatic heterocycles. The molecule has 0 aromatic heterocycles. The number of ether oxygens (including phenoxy) is 1. The number of benzene rings is 1. The first kappa shape index (κ1) is 16.6. The number of hydrogen-bond donors (Lipinski definition) is 1. The molecule has 1 aromatic rings. The summed E-state index contributed by atoms with van der Waals surface area (Å²) in [7, 11) is 0. The van der Waals surface area contributed by atoms with Crippen molar-refractivity contribution in [2.45, 2.75) is 38.3 Å². The fraction of sp³-hybridized carbons (Fsp3) is 0.389. The van der Waals surface area contributed by atoms with E-state index in [-0.39, 0.29) is 28.6 Å². The molecular formula is C18H17F3O3. The summed E-state index contributed by atoms with van der Waals surface area (Å²) in [6.45, 7) is 0. The van der Waals surface area contributed by atoms with Crippen molar-refractivity contribution in [2.24, 2.45) is 5.92 Å². The van der Waals surface area contributed by atoms with Crippen molar-refractivity contribution in [2.75, 3.05) is 0 Å². The molecule has 0 amide bonds. The van der Waals surface area contributed by atoms with Crippen LogP contribution in [-0.2, 0) is 15.7 Å². The van der Waals surface area contributed by atoms with E-state index in [1.54, 1.807) is 6.08 Å². The van der Waals surface area contributed by atoms with Gasteiger partial charge in [-0.05, 0) is 42.5 Å². The Balaban J connectivity index is 1.94. The van der Waals surface area contributed by atoms with Crippen LogP contribution in [0, 0.1) is 5.92 Å². The second-order valence-corrected chi connectivity index (χ2v) is 6.12. The predicted molar refractivity (Wildman–Crippen MR) is 81.7 cm³/mol. The summed E-state index contributed by atoms with van der Waals surface area (Å²) in [5, 5.41) is 10.3. The monoisotopic (exact) mass is 338 g/mol. The maximum absolute atomic E-state index is 12.8. The van der Waals surface area contributed by atoms with Crippen LogP contribution in [0.2, 0.25) is 0 Å². The van der Waals surface area contributed by atoms with Gasteiger partial charge in [0.15, 0.2) is 11.5 Å². The number of esters is 1. The van der Waals surface area contributed by atoms with Gasteiger partial charge in [-0.2, -0.15) is 13.2 Å². The largest absolute Gasteiger partial charge is 0.504 e. The smallest absolute Gasteiger partial charge is 0.416 e. The molecule has 0 atom stereocenters. The van der Waals surface area contributed by atoms with Crippen molar-refractivity contribution >= 4 is 11.5 Å². The predicted octanol–water partition coefficient (Wildman–Crippen LogP) is 5.00. The minimum absolute atomic E-state index is 0.000584. The first-order chi connectivity index (χ1) is 11.4. The molecule has 0 unspecified atom stereocenters. The van der Waals surface area contributed by atoms with E-state index >= 15 is 0 Å². The average Bonchev–Trinajstić information content (AvgIpc) is 2.82. The molecule has 0 radical (unpaired) electrons. The van der Waals surface area contributed by atoms with E-state index in [1.807, 2.05) is 0 Å². The molecule has 1 saturated carbocycles. The van der Waals surface area contributed by atoms with Gasteiger partial charge in [0.25, 0.3) is 0 Å². The van der Waals surface area contributed by atoms with E-state index < -0.39 is 17.7 Å². The zero-order chi connectivity index (χ0) is 17.3. The van der Waals surface area contributed by atoms with Crippen molar-refractivity contribution in [3.05, 3.63) is 53.0 Å². The highest BCUT2D eigenvalue weighted by Gasteiger charge is 2.35. The lowest BCUT2D eigenvalue weighted by molar-refractivity contribution is -0.137. The number of carbonyl (C=O) groups excluding carboxylic acids is 1. The second kappa shape index (κ2) is 6.34. The first-order valence-corrected chi connectivity index (χ1v) is 7.91. The lowest BCUT2D eigenvalue weighted by atomic mass is 9.88. The number of rotatable bonds is 2. The summed E-state index contributed by atoms with van der Waals surface area (Å²) in [4.78, 5) is 12.0. The van der Waals surface area contributed by atoms with Gasteiger partial charge in [-0.1, -0.05) is 31.4 Å². The number of allylic oxidation sites excluding steroid dienone is 1. The van der Waals surface area contributed by atoms with Crippen LogP contribution < -0.4 is 0 Å². The summed E-state index contributed by atoms with van der Waals surface area (Å²) in [5.41, 5.74) is -1.10. The number of halogens is 3. The van der Waals surface area contributed by atoms with Crippen LogP contribution in [-0.4, -0.2) is 11.1 Å². The minimum Gasteiger partial charge on any atom is -0.504 e. The number of hydrogen-bond acceptors (Lipinski definition) is 3. The van der Waals surface area contributed by atoms with Gasteiger partial charge < -0.3 is 9.84 Å². The van der Waals surface area contributed by atoms with Crippen LogP contribution in [0.1, 0.15) is 43.2 Å². The molecule has 24 heavy (non-hydrogen) atoms. The Bertz CT molecular complexity index is 710. The highest BCUT2D eigenvalue weighted by molar-refractivity contribution is 6.20. The summed E-state index contributed by atoms with van der Waals surface area (Å²) >= 11 is 0. The lowest BCUT2D eigenvalue weighted by Crippen LogP contribution is -2.06. The van der Waals surface area contributed by atoms with Crippen LogP contribution in [0.25, 0.3) is 5.57 Å². The standard InChI is InChI=1S/C18H17F3O3/c19-18(20,21)13-8-4-7-12(10-13)15-16(22)14(24-17(15)23)9-11-5-2-1-3-6-11/h4,7-11,22H,1-3,5-6H2/b14-9-. The molecule has 3 nitrogen and oxygen atoms in total. The Kier molecular flexibility index (Phi) is 4.39. The Labute approximate surface area is 137 Å². The van der Waals surface area contributed by atoms with Crippen LogP contribution in [0.3, 0.4) is 0 Å². The van der Waals surface area contributed by atoms with Crippen LogP contribution in [0.4, 0.5) is 13.2 Å². The normalized spacial score (nSPS) is 21.5. The molecule has 128 valence electrons. The van der Waals surface area contributed by atoms with Gasteiger partial charge in [-0.15, -0.1) is 0 Å². The Morgan fingerprint density at radius 3 is 2.54 bits per heavy atom. The lowest BCUT2D eigenvalue weighted by Gasteiger charge is -2.18.